The molecule has 2 fully saturated rings. The van der Waals surface area contributed by atoms with Crippen LogP contribution in [0.15, 0.2) is 64.4 Å². The largest absolute Gasteiger partial charge is 0.507 e. The Hall–Kier alpha value is -2.42. The Kier molecular flexibility index (Phi) is 7.72. The van der Waals surface area contributed by atoms with Crippen molar-refractivity contribution in [3.05, 3.63) is 82.0 Å². The average molecular weight is 611 g/mol. The van der Waals surface area contributed by atoms with E-state index in [1.54, 1.807) is 23.9 Å². The number of halogens is 1. The highest BCUT2D eigenvalue weighted by molar-refractivity contribution is 7.99. The third kappa shape index (κ3) is 5.50. The molecule has 4 aliphatic carbocycles. The maximum atomic E-state index is 13.5. The number of thioether (sulfide) groups is 1. The van der Waals surface area contributed by atoms with Crippen molar-refractivity contribution >= 4 is 27.4 Å². The number of benzene rings is 2. The van der Waals surface area contributed by atoms with Gasteiger partial charge in [0.05, 0.1) is 21.7 Å². The molecule has 8 heteroatoms. The lowest BCUT2D eigenvalue weighted by molar-refractivity contribution is -0.0132. The first-order chi connectivity index (χ1) is 19.9. The smallest absolute Gasteiger partial charge is 0.180 e. The number of carbonyl (C=O) groups excluding carboxylic acids is 1. The molecule has 0 spiro atoms. The zero-order valence-corrected chi connectivity index (χ0v) is 25.8. The van der Waals surface area contributed by atoms with Crippen molar-refractivity contribution in [2.24, 2.45) is 17.3 Å². The summed E-state index contributed by atoms with van der Waals surface area (Å²) in [6.07, 6.45) is 11.0. The first-order valence-corrected chi connectivity index (χ1v) is 17.6. The Labute approximate surface area is 252 Å². The third-order valence-electron chi connectivity index (χ3n) is 10.1. The van der Waals surface area contributed by atoms with Gasteiger partial charge in [-0.1, -0.05) is 32.1 Å². The fourth-order valence-corrected chi connectivity index (χ4v) is 10.2. The van der Waals surface area contributed by atoms with E-state index >= 15 is 0 Å². The number of carbonyl (C=O) groups is 1. The lowest BCUT2D eigenvalue weighted by atomic mass is 9.75. The fraction of sp³-hybridized carbons (Fsp3) is 0.500. The zero-order chi connectivity index (χ0) is 29.9. The van der Waals surface area contributed by atoms with Crippen LogP contribution >= 0.6 is 11.8 Å². The molecule has 2 unspecified atom stereocenters. The van der Waals surface area contributed by atoms with Gasteiger partial charge in [-0.3, -0.25) is 4.79 Å². The second kappa shape index (κ2) is 10.9. The van der Waals surface area contributed by atoms with E-state index in [-0.39, 0.29) is 28.1 Å². The summed E-state index contributed by atoms with van der Waals surface area (Å²) in [5.74, 6) is -0.149. The number of hydrogen-bond acceptors (Lipinski definition) is 6. The Morgan fingerprint density at radius 2 is 1.69 bits per heavy atom. The summed E-state index contributed by atoms with van der Waals surface area (Å²) in [4.78, 5) is 14.8. The quantitative estimate of drug-likeness (QED) is 0.331. The van der Waals surface area contributed by atoms with E-state index in [0.29, 0.717) is 47.6 Å². The number of sulfone groups is 1. The number of ketones is 1. The van der Waals surface area contributed by atoms with Gasteiger partial charge in [0.1, 0.15) is 11.6 Å². The van der Waals surface area contributed by atoms with E-state index in [1.807, 2.05) is 24.3 Å². The molecule has 2 aromatic carbocycles. The van der Waals surface area contributed by atoms with Gasteiger partial charge in [-0.25, -0.2) is 12.8 Å². The van der Waals surface area contributed by atoms with Gasteiger partial charge in [0.2, 0.25) is 0 Å². The predicted octanol–water partition coefficient (Wildman–Crippen LogP) is 7.43. The molecule has 2 aromatic rings. The number of allylic oxidation sites excluding steroid dienone is 3. The molecule has 0 bridgehead atoms. The maximum absolute atomic E-state index is 13.5. The van der Waals surface area contributed by atoms with Gasteiger partial charge in [-0.2, -0.15) is 0 Å². The van der Waals surface area contributed by atoms with Crippen LogP contribution in [0, 0.1) is 23.1 Å². The summed E-state index contributed by atoms with van der Waals surface area (Å²) >= 11 is 1.69. The molecule has 0 aliphatic heterocycles. The van der Waals surface area contributed by atoms with E-state index in [2.05, 4.69) is 13.8 Å². The minimum atomic E-state index is -3.47. The molecule has 224 valence electrons. The molecule has 2 N–H and O–H groups in total. The van der Waals surface area contributed by atoms with Crippen LogP contribution in [-0.2, 0) is 15.4 Å². The van der Waals surface area contributed by atoms with Gasteiger partial charge in [-0.15, -0.1) is 11.8 Å². The highest BCUT2D eigenvalue weighted by Gasteiger charge is 2.42. The number of rotatable bonds is 6. The second-order valence-electron chi connectivity index (χ2n) is 13.4. The molecular weight excluding hydrogens is 572 g/mol. The van der Waals surface area contributed by atoms with Gasteiger partial charge in [0, 0.05) is 33.8 Å². The number of aromatic hydroxyl groups is 1. The van der Waals surface area contributed by atoms with Crippen molar-refractivity contribution in [3.8, 4) is 5.75 Å². The molecule has 2 saturated carbocycles. The van der Waals surface area contributed by atoms with Crippen LogP contribution in [0.5, 0.6) is 5.75 Å². The third-order valence-corrected chi connectivity index (χ3v) is 13.6. The number of aliphatic hydroxyl groups is 1. The van der Waals surface area contributed by atoms with Crippen LogP contribution in [0.3, 0.4) is 0 Å². The van der Waals surface area contributed by atoms with Crippen molar-refractivity contribution in [2.75, 3.05) is 5.75 Å². The molecule has 0 aromatic heterocycles. The molecule has 0 heterocycles. The number of Topliss-reactive ketones (excluding diaryl/α,β-unsaturated/α-hetero) is 1. The molecular formula is C34H39FO5S2. The number of phenolic OH excluding ortho intramolecular Hbond substituents is 1. The monoisotopic (exact) mass is 610 g/mol. The summed E-state index contributed by atoms with van der Waals surface area (Å²) in [7, 11) is -3.47. The van der Waals surface area contributed by atoms with Crippen molar-refractivity contribution in [2.45, 2.75) is 86.9 Å². The van der Waals surface area contributed by atoms with E-state index in [0.717, 1.165) is 48.0 Å². The highest BCUT2D eigenvalue weighted by atomic mass is 32.2. The van der Waals surface area contributed by atoms with E-state index in [1.165, 1.54) is 12.1 Å². The van der Waals surface area contributed by atoms with E-state index in [4.69, 9.17) is 0 Å². The summed E-state index contributed by atoms with van der Waals surface area (Å²) in [5.41, 5.74) is 1.05. The van der Waals surface area contributed by atoms with E-state index < -0.39 is 27.2 Å². The lowest BCUT2D eigenvalue weighted by Crippen LogP contribution is -2.32. The molecule has 0 saturated heterocycles. The average Bonchev–Trinajstić information content (AvgIpc) is 3.23. The first-order valence-electron chi connectivity index (χ1n) is 15.0. The van der Waals surface area contributed by atoms with Crippen LogP contribution in [0.4, 0.5) is 4.39 Å². The van der Waals surface area contributed by atoms with Crippen molar-refractivity contribution in [1.29, 1.82) is 0 Å². The van der Waals surface area contributed by atoms with Crippen LogP contribution in [0.1, 0.15) is 92.6 Å². The normalized spacial score (nSPS) is 29.2. The standard InChI is InChI=1S/C34H39FO5S2/c1-33(2)13-11-24(12-14-33)42(39,40)25-5-7-27-26-6-4-23(18-28(26)32(37)29(27)19-25)41-20-21-9-15-34(38,16-10-21)30-8-3-22(35)17-31(30)36/h3-8,17-19,21,24,27,29,36,38H,9-16,20H2,1-2H3. The molecule has 4 aliphatic rings. The fourth-order valence-electron chi connectivity index (χ4n) is 7.27. The summed E-state index contributed by atoms with van der Waals surface area (Å²) in [5, 5.41) is 20.9. The second-order valence-corrected chi connectivity index (χ2v) is 16.8. The molecule has 0 radical (unpaired) electrons. The summed E-state index contributed by atoms with van der Waals surface area (Å²) < 4.78 is 40.4. The number of hydrogen-bond donors (Lipinski definition) is 2. The minimum Gasteiger partial charge on any atom is -0.507 e. The molecule has 2 atom stereocenters. The Morgan fingerprint density at radius 1 is 0.976 bits per heavy atom. The van der Waals surface area contributed by atoms with Gasteiger partial charge in [0.15, 0.2) is 15.6 Å². The predicted molar refractivity (Wildman–Crippen MR) is 164 cm³/mol. The van der Waals surface area contributed by atoms with Crippen molar-refractivity contribution < 1.29 is 27.8 Å². The topological polar surface area (TPSA) is 91.7 Å². The van der Waals surface area contributed by atoms with E-state index in [9.17, 15) is 27.8 Å². The SMILES string of the molecule is CC1(C)CCC(S(=O)(=O)C2=CC3C(=O)c4cc(SCC5CCC(O)(c6ccc(F)cc6O)CC5)ccc4C3C=C2)CC1. The molecule has 5 nitrogen and oxygen atoms in total. The minimum absolute atomic E-state index is 0.0129. The van der Waals surface area contributed by atoms with Gasteiger partial charge in [0.25, 0.3) is 0 Å². The summed E-state index contributed by atoms with van der Waals surface area (Å²) in [6, 6.07) is 9.79. The molecule has 0 amide bonds. The summed E-state index contributed by atoms with van der Waals surface area (Å²) in [6.45, 7) is 4.39. The van der Waals surface area contributed by atoms with Crippen LogP contribution in [0.2, 0.25) is 0 Å². The van der Waals surface area contributed by atoms with Crippen molar-refractivity contribution in [1.82, 2.24) is 0 Å². The Bertz CT molecular complexity index is 1560. The van der Waals surface area contributed by atoms with Crippen LogP contribution < -0.4 is 0 Å². The van der Waals surface area contributed by atoms with Crippen LogP contribution in [-0.4, -0.2) is 35.4 Å². The molecule has 6 rings (SSSR count). The highest BCUT2D eigenvalue weighted by Crippen LogP contribution is 2.47. The Morgan fingerprint density at radius 3 is 2.38 bits per heavy atom. The number of phenols is 1. The van der Waals surface area contributed by atoms with Gasteiger partial charge >= 0.3 is 0 Å². The maximum Gasteiger partial charge on any atom is 0.180 e. The van der Waals surface area contributed by atoms with Crippen LogP contribution in [0.25, 0.3) is 0 Å². The van der Waals surface area contributed by atoms with Gasteiger partial charge < -0.3 is 10.2 Å². The number of fused-ring (bicyclic) bond motifs is 3. The van der Waals surface area contributed by atoms with Crippen molar-refractivity contribution in [3.63, 3.8) is 0 Å². The zero-order valence-electron chi connectivity index (χ0n) is 24.2. The van der Waals surface area contributed by atoms with Gasteiger partial charge in [-0.05, 0) is 98.6 Å². The molecule has 42 heavy (non-hydrogen) atoms. The first kappa shape index (κ1) is 29.6. The lowest BCUT2D eigenvalue weighted by Gasteiger charge is -2.36. The Balaban J connectivity index is 1.09.